The fourth-order valence-corrected chi connectivity index (χ4v) is 4.61. The summed E-state index contributed by atoms with van der Waals surface area (Å²) in [6.07, 6.45) is 0.707. The van der Waals surface area contributed by atoms with Crippen molar-refractivity contribution in [2.45, 2.75) is 25.4 Å². The van der Waals surface area contributed by atoms with Crippen molar-refractivity contribution >= 4 is 46.8 Å². The second kappa shape index (κ2) is 13.5. The summed E-state index contributed by atoms with van der Waals surface area (Å²) in [7, 11) is 0. The van der Waals surface area contributed by atoms with Crippen molar-refractivity contribution in [1.82, 2.24) is 10.2 Å². The van der Waals surface area contributed by atoms with E-state index in [9.17, 15) is 14.7 Å². The van der Waals surface area contributed by atoms with Crippen LogP contribution in [0.2, 0.25) is 15.1 Å². The maximum atomic E-state index is 13.4. The van der Waals surface area contributed by atoms with E-state index in [-0.39, 0.29) is 13.0 Å². The number of urea groups is 1. The summed E-state index contributed by atoms with van der Waals surface area (Å²) in [6.45, 7) is 0.599. The Morgan fingerprint density at radius 1 is 0.744 bits per heavy atom. The molecule has 2 N–H and O–H groups in total. The molecule has 0 heterocycles. The number of carbonyl (C=O) groups is 2. The zero-order valence-corrected chi connectivity index (χ0v) is 23.3. The molecule has 2 amide bonds. The number of hydrogen-bond donors (Lipinski definition) is 2. The molecule has 0 fully saturated rings. The first-order chi connectivity index (χ1) is 18.8. The summed E-state index contributed by atoms with van der Waals surface area (Å²) in [6, 6.07) is 28.8. The lowest BCUT2D eigenvalue weighted by Gasteiger charge is -2.26. The Morgan fingerprint density at radius 2 is 1.36 bits per heavy atom. The molecule has 1 unspecified atom stereocenters. The molecule has 39 heavy (non-hydrogen) atoms. The summed E-state index contributed by atoms with van der Waals surface area (Å²) < 4.78 is 0. The average Bonchev–Trinajstić information content (AvgIpc) is 2.94. The predicted octanol–water partition coefficient (Wildman–Crippen LogP) is 7.76. The van der Waals surface area contributed by atoms with Crippen LogP contribution in [-0.2, 0) is 24.2 Å². The van der Waals surface area contributed by atoms with Crippen LogP contribution in [0.5, 0.6) is 0 Å². The predicted molar refractivity (Wildman–Crippen MR) is 158 cm³/mol. The second-order valence-corrected chi connectivity index (χ2v) is 10.4. The van der Waals surface area contributed by atoms with Gasteiger partial charge < -0.3 is 15.3 Å². The van der Waals surface area contributed by atoms with E-state index in [0.29, 0.717) is 28.0 Å². The van der Waals surface area contributed by atoms with Crippen LogP contribution in [-0.4, -0.2) is 34.6 Å². The third-order valence-electron chi connectivity index (χ3n) is 6.32. The van der Waals surface area contributed by atoms with Crippen LogP contribution in [0, 0.1) is 0 Å². The number of carboxylic acids is 1. The number of benzene rings is 4. The van der Waals surface area contributed by atoms with Gasteiger partial charge in [-0.3, -0.25) is 0 Å². The Bertz CT molecular complexity index is 1410. The molecule has 8 heteroatoms. The van der Waals surface area contributed by atoms with Crippen LogP contribution in [0.1, 0.15) is 16.7 Å². The molecule has 0 saturated carbocycles. The minimum Gasteiger partial charge on any atom is -0.480 e. The molecule has 4 aromatic rings. The molecule has 200 valence electrons. The van der Waals surface area contributed by atoms with Crippen molar-refractivity contribution in [2.24, 2.45) is 0 Å². The highest BCUT2D eigenvalue weighted by Crippen LogP contribution is 2.24. The van der Waals surface area contributed by atoms with E-state index in [1.54, 1.807) is 47.4 Å². The molecular weight excluding hydrogens is 555 g/mol. The highest BCUT2D eigenvalue weighted by molar-refractivity contribution is 6.42. The number of aliphatic carboxylic acids is 1. The molecule has 0 aliphatic heterocycles. The van der Waals surface area contributed by atoms with Crippen LogP contribution in [0.25, 0.3) is 11.1 Å². The summed E-state index contributed by atoms with van der Waals surface area (Å²) >= 11 is 18.2. The van der Waals surface area contributed by atoms with Crippen molar-refractivity contribution in [3.05, 3.63) is 129 Å². The molecule has 0 radical (unpaired) electrons. The number of halogens is 3. The Labute approximate surface area is 242 Å². The fraction of sp³-hybridized carbons (Fsp3) is 0.161. The van der Waals surface area contributed by atoms with E-state index >= 15 is 0 Å². The standard InChI is InChI=1S/C31H27Cl3N2O3/c32-26-13-8-22(9-14-26)19-29(30(37)38)35-31(39)36(20-23-10-15-27(33)28(34)18-23)17-16-21-6-11-25(12-7-21)24-4-2-1-3-5-24/h1-15,18,29H,16-17,19-20H2,(H,35,39)(H,37,38). The first-order valence-corrected chi connectivity index (χ1v) is 13.5. The molecule has 0 bridgehead atoms. The van der Waals surface area contributed by atoms with Crippen LogP contribution >= 0.6 is 34.8 Å². The first kappa shape index (κ1) is 28.5. The number of hydrogen-bond acceptors (Lipinski definition) is 2. The molecule has 4 aromatic carbocycles. The third kappa shape index (κ3) is 8.24. The highest BCUT2D eigenvalue weighted by Gasteiger charge is 2.24. The van der Waals surface area contributed by atoms with Crippen molar-refractivity contribution < 1.29 is 14.7 Å². The first-order valence-electron chi connectivity index (χ1n) is 12.4. The Balaban J connectivity index is 1.49. The van der Waals surface area contributed by atoms with Crippen molar-refractivity contribution in [3.8, 4) is 11.1 Å². The lowest BCUT2D eigenvalue weighted by atomic mass is 10.0. The minimum atomic E-state index is -1.12. The molecular formula is C31H27Cl3N2O3. The monoisotopic (exact) mass is 580 g/mol. The van der Waals surface area contributed by atoms with Gasteiger partial charge in [-0.25, -0.2) is 9.59 Å². The lowest BCUT2D eigenvalue weighted by molar-refractivity contribution is -0.139. The average molecular weight is 582 g/mol. The molecule has 4 rings (SSSR count). The summed E-state index contributed by atoms with van der Waals surface area (Å²) in [5.74, 6) is -1.12. The number of carboxylic acid groups (broad SMARTS) is 1. The van der Waals surface area contributed by atoms with Gasteiger partial charge in [0.05, 0.1) is 10.0 Å². The third-order valence-corrected chi connectivity index (χ3v) is 7.32. The van der Waals surface area contributed by atoms with Crippen LogP contribution < -0.4 is 5.32 Å². The van der Waals surface area contributed by atoms with Gasteiger partial charge in [0.2, 0.25) is 0 Å². The number of rotatable bonds is 10. The minimum absolute atomic E-state index is 0.125. The van der Waals surface area contributed by atoms with Gasteiger partial charge in [-0.2, -0.15) is 0 Å². The van der Waals surface area contributed by atoms with E-state index in [4.69, 9.17) is 34.8 Å². The second-order valence-electron chi connectivity index (χ2n) is 9.15. The molecule has 0 spiro atoms. The van der Waals surface area contributed by atoms with E-state index in [1.165, 1.54) is 0 Å². The van der Waals surface area contributed by atoms with Crippen LogP contribution in [0.15, 0.2) is 97.1 Å². The van der Waals surface area contributed by atoms with Gasteiger partial charge in [-0.15, -0.1) is 0 Å². The highest BCUT2D eigenvalue weighted by atomic mass is 35.5. The number of nitrogens with zero attached hydrogens (tertiary/aromatic N) is 1. The molecule has 0 saturated heterocycles. The van der Waals surface area contributed by atoms with Gasteiger partial charge in [0.25, 0.3) is 0 Å². The normalized spacial score (nSPS) is 11.6. The van der Waals surface area contributed by atoms with Crippen LogP contribution in [0.3, 0.4) is 0 Å². The van der Waals surface area contributed by atoms with Crippen LogP contribution in [0.4, 0.5) is 4.79 Å². The largest absolute Gasteiger partial charge is 0.480 e. The maximum Gasteiger partial charge on any atom is 0.326 e. The molecule has 0 aromatic heterocycles. The number of amides is 2. The van der Waals surface area contributed by atoms with E-state index in [0.717, 1.165) is 27.8 Å². The van der Waals surface area contributed by atoms with Gasteiger partial charge in [-0.1, -0.05) is 108 Å². The van der Waals surface area contributed by atoms with E-state index in [1.807, 2.05) is 30.3 Å². The summed E-state index contributed by atoms with van der Waals surface area (Å²) in [5.41, 5.74) is 4.82. The quantitative estimate of drug-likeness (QED) is 0.201. The topological polar surface area (TPSA) is 69.6 Å². The van der Waals surface area contributed by atoms with Crippen molar-refractivity contribution in [1.29, 1.82) is 0 Å². The van der Waals surface area contributed by atoms with Crippen molar-refractivity contribution in [2.75, 3.05) is 6.54 Å². The zero-order valence-electron chi connectivity index (χ0n) is 21.0. The van der Waals surface area contributed by atoms with Gasteiger partial charge >= 0.3 is 12.0 Å². The van der Waals surface area contributed by atoms with E-state index < -0.39 is 18.0 Å². The van der Waals surface area contributed by atoms with E-state index in [2.05, 4.69) is 29.6 Å². The van der Waals surface area contributed by atoms with Crippen molar-refractivity contribution in [3.63, 3.8) is 0 Å². The van der Waals surface area contributed by atoms with Gasteiger partial charge in [0, 0.05) is 24.5 Å². The fourth-order valence-electron chi connectivity index (χ4n) is 4.17. The zero-order chi connectivity index (χ0) is 27.8. The number of carbonyl (C=O) groups excluding carboxylic acids is 1. The van der Waals surface area contributed by atoms with Gasteiger partial charge in [-0.05, 0) is 58.5 Å². The van der Waals surface area contributed by atoms with Gasteiger partial charge in [0.1, 0.15) is 6.04 Å². The molecule has 5 nitrogen and oxygen atoms in total. The van der Waals surface area contributed by atoms with Gasteiger partial charge in [0.15, 0.2) is 0 Å². The summed E-state index contributed by atoms with van der Waals surface area (Å²) in [4.78, 5) is 27.0. The SMILES string of the molecule is O=C(O)C(Cc1ccc(Cl)cc1)NC(=O)N(CCc1ccc(-c2ccccc2)cc1)Cc1ccc(Cl)c(Cl)c1. The Morgan fingerprint density at radius 3 is 2.00 bits per heavy atom. The molecule has 1 atom stereocenters. The Hall–Kier alpha value is -3.51. The Kier molecular flexibility index (Phi) is 9.88. The molecule has 0 aliphatic carbocycles. The number of nitrogens with one attached hydrogen (secondary N) is 1. The molecule has 0 aliphatic rings. The lowest BCUT2D eigenvalue weighted by Crippen LogP contribution is -2.49. The maximum absolute atomic E-state index is 13.4. The summed E-state index contributed by atoms with van der Waals surface area (Å²) in [5, 5.41) is 13.9. The smallest absolute Gasteiger partial charge is 0.326 e.